The first-order valence-corrected chi connectivity index (χ1v) is 4.49. The third kappa shape index (κ3) is 1.17. The van der Waals surface area contributed by atoms with Gasteiger partial charge in [-0.15, -0.1) is 0 Å². The van der Waals surface area contributed by atoms with E-state index in [1.807, 2.05) is 24.5 Å². The molecule has 2 N–H and O–H groups in total. The van der Waals surface area contributed by atoms with Crippen LogP contribution in [0.3, 0.4) is 0 Å². The minimum absolute atomic E-state index is 0.00574. The molecular formula is C10H7N5. The van der Waals surface area contributed by atoms with E-state index >= 15 is 0 Å². The maximum Gasteiger partial charge on any atom is 0.244 e. The predicted octanol–water partition coefficient (Wildman–Crippen LogP) is 0.937. The summed E-state index contributed by atoms with van der Waals surface area (Å²) in [6.45, 7) is 0. The fourth-order valence-electron chi connectivity index (χ4n) is 1.58. The van der Waals surface area contributed by atoms with Gasteiger partial charge >= 0.3 is 0 Å². The number of hydrogen-bond donors (Lipinski definition) is 2. The van der Waals surface area contributed by atoms with Crippen molar-refractivity contribution >= 4 is 10.8 Å². The summed E-state index contributed by atoms with van der Waals surface area (Å²) < 4.78 is 0. The molecule has 0 radical (unpaired) electrons. The molecule has 0 saturated heterocycles. The maximum atomic E-state index is 7.40. The van der Waals surface area contributed by atoms with Crippen LogP contribution < -0.4 is 5.62 Å². The molecule has 0 unspecified atom stereocenters. The Morgan fingerprint density at radius 3 is 3.07 bits per heavy atom. The Bertz CT molecular complexity index is 657. The van der Waals surface area contributed by atoms with Crippen molar-refractivity contribution in [2.45, 2.75) is 0 Å². The molecule has 5 nitrogen and oxygen atoms in total. The summed E-state index contributed by atoms with van der Waals surface area (Å²) in [5, 5.41) is 9.37. The highest BCUT2D eigenvalue weighted by Gasteiger charge is 2.10. The third-order valence-electron chi connectivity index (χ3n) is 2.23. The summed E-state index contributed by atoms with van der Waals surface area (Å²) in [5.74, 6) is 0.505. The van der Waals surface area contributed by atoms with Crippen molar-refractivity contribution < 1.29 is 0 Å². The van der Waals surface area contributed by atoms with E-state index in [4.69, 9.17) is 5.41 Å². The Morgan fingerprint density at radius 2 is 2.13 bits per heavy atom. The second kappa shape index (κ2) is 2.84. The maximum absolute atomic E-state index is 7.40. The molecule has 1 aromatic heterocycles. The van der Waals surface area contributed by atoms with Crippen molar-refractivity contribution in [1.29, 1.82) is 5.41 Å². The number of fused-ring (bicyclic) bond motifs is 3. The Kier molecular flexibility index (Phi) is 1.53. The lowest BCUT2D eigenvalue weighted by atomic mass is 10.2. The van der Waals surface area contributed by atoms with Gasteiger partial charge in [-0.25, -0.2) is 9.97 Å². The van der Waals surface area contributed by atoms with E-state index in [1.165, 1.54) is 0 Å². The zero-order valence-electron chi connectivity index (χ0n) is 7.73. The first kappa shape index (κ1) is 8.05. The molecule has 3 rings (SSSR count). The Hall–Kier alpha value is -2.30. The summed E-state index contributed by atoms with van der Waals surface area (Å²) in [6, 6.07) is 3.78. The van der Waals surface area contributed by atoms with E-state index in [9.17, 15) is 0 Å². The van der Waals surface area contributed by atoms with Gasteiger partial charge < -0.3 is 4.98 Å². The number of aromatic amines is 1. The highest BCUT2D eigenvalue weighted by atomic mass is 15.0. The van der Waals surface area contributed by atoms with E-state index in [0.29, 0.717) is 11.5 Å². The average Bonchev–Trinajstić information content (AvgIpc) is 2.76. The molecule has 0 saturated carbocycles. The van der Waals surface area contributed by atoms with Crippen LogP contribution in [0.1, 0.15) is 0 Å². The lowest BCUT2D eigenvalue weighted by molar-refractivity contribution is 1.04. The predicted molar refractivity (Wildman–Crippen MR) is 54.2 cm³/mol. The van der Waals surface area contributed by atoms with Gasteiger partial charge in [0, 0.05) is 29.4 Å². The quantitative estimate of drug-likeness (QED) is 0.562. The van der Waals surface area contributed by atoms with Crippen LogP contribution in [-0.4, -0.2) is 19.9 Å². The summed E-state index contributed by atoms with van der Waals surface area (Å²) in [4.78, 5) is 15.1. The summed E-state index contributed by atoms with van der Waals surface area (Å²) in [7, 11) is 0. The molecule has 2 aliphatic heterocycles. The number of nitrogens with zero attached hydrogens (tertiary/aromatic N) is 3. The normalized spacial score (nSPS) is 10.9. The van der Waals surface area contributed by atoms with Gasteiger partial charge in [-0.05, 0) is 6.07 Å². The lowest BCUT2D eigenvalue weighted by Crippen LogP contribution is -1.99. The molecule has 0 fully saturated rings. The van der Waals surface area contributed by atoms with Crippen LogP contribution in [0, 0.1) is 5.41 Å². The topological polar surface area (TPSA) is 78.3 Å². The van der Waals surface area contributed by atoms with Crippen LogP contribution in [0.4, 0.5) is 0 Å². The highest BCUT2D eigenvalue weighted by Crippen LogP contribution is 2.21. The standard InChI is InChI=1S/C10H7N5/c11-10-14-8-7-5-12-4-6(7)2-1-3-13-9(8)15-10/h1-5,11-12H. The number of rotatable bonds is 0. The monoisotopic (exact) mass is 197 g/mol. The fraction of sp³-hybridized carbons (Fsp3) is 0. The number of hydrogen-bond acceptors (Lipinski definition) is 4. The van der Waals surface area contributed by atoms with Gasteiger partial charge in [-0.2, -0.15) is 4.98 Å². The van der Waals surface area contributed by atoms with E-state index in [1.54, 1.807) is 6.20 Å². The van der Waals surface area contributed by atoms with Gasteiger partial charge in [0.25, 0.3) is 0 Å². The molecule has 0 aromatic carbocycles. The summed E-state index contributed by atoms with van der Waals surface area (Å²) >= 11 is 0. The molecule has 3 heterocycles. The van der Waals surface area contributed by atoms with E-state index < -0.39 is 0 Å². The van der Waals surface area contributed by atoms with Crippen LogP contribution in [0.2, 0.25) is 0 Å². The number of imidazole rings is 1. The highest BCUT2D eigenvalue weighted by molar-refractivity contribution is 5.92. The Balaban J connectivity index is 2.59. The van der Waals surface area contributed by atoms with E-state index in [0.717, 1.165) is 10.8 Å². The lowest BCUT2D eigenvalue weighted by Gasteiger charge is -1.91. The second-order valence-corrected chi connectivity index (χ2v) is 3.18. The summed E-state index contributed by atoms with van der Waals surface area (Å²) in [5.41, 5.74) is 0.669. The van der Waals surface area contributed by atoms with Crippen LogP contribution in [0.15, 0.2) is 30.7 Å². The molecule has 0 aliphatic carbocycles. The van der Waals surface area contributed by atoms with Crippen molar-refractivity contribution in [3.05, 3.63) is 36.3 Å². The van der Waals surface area contributed by atoms with Crippen LogP contribution in [0.25, 0.3) is 22.3 Å². The first-order valence-electron chi connectivity index (χ1n) is 4.49. The number of H-pyrrole nitrogens is 1. The summed E-state index contributed by atoms with van der Waals surface area (Å²) in [6.07, 6.45) is 5.38. The Morgan fingerprint density at radius 1 is 1.20 bits per heavy atom. The van der Waals surface area contributed by atoms with E-state index in [2.05, 4.69) is 19.9 Å². The molecule has 2 aliphatic rings. The van der Waals surface area contributed by atoms with Crippen molar-refractivity contribution in [2.24, 2.45) is 0 Å². The van der Waals surface area contributed by atoms with Gasteiger partial charge in [-0.3, -0.25) is 5.41 Å². The zero-order chi connectivity index (χ0) is 10.3. The Labute approximate surface area is 84.7 Å². The van der Waals surface area contributed by atoms with Gasteiger partial charge in [0.05, 0.1) is 0 Å². The zero-order valence-corrected chi connectivity index (χ0v) is 7.73. The molecule has 0 amide bonds. The molecule has 15 heavy (non-hydrogen) atoms. The van der Waals surface area contributed by atoms with E-state index in [-0.39, 0.29) is 5.62 Å². The van der Waals surface area contributed by atoms with Crippen molar-refractivity contribution in [3.8, 4) is 11.5 Å². The minimum atomic E-state index is 0.00574. The van der Waals surface area contributed by atoms with Crippen LogP contribution in [0.5, 0.6) is 0 Å². The van der Waals surface area contributed by atoms with Crippen LogP contribution in [-0.2, 0) is 0 Å². The van der Waals surface area contributed by atoms with Crippen molar-refractivity contribution in [2.75, 3.05) is 0 Å². The smallest absolute Gasteiger partial charge is 0.244 e. The molecule has 0 bridgehead atoms. The molecule has 5 heteroatoms. The van der Waals surface area contributed by atoms with Gasteiger partial charge in [0.1, 0.15) is 5.69 Å². The van der Waals surface area contributed by atoms with Gasteiger partial charge in [0.15, 0.2) is 5.82 Å². The SMILES string of the molecule is N=c1nc2ncccc3c[nH]cc3c-2n1. The largest absolute Gasteiger partial charge is 0.366 e. The van der Waals surface area contributed by atoms with Crippen molar-refractivity contribution in [1.82, 2.24) is 19.9 Å². The molecule has 0 spiro atoms. The number of aromatic nitrogens is 4. The number of nitrogens with one attached hydrogen (secondary N) is 2. The fourth-order valence-corrected chi connectivity index (χ4v) is 1.58. The average molecular weight is 197 g/mol. The second-order valence-electron chi connectivity index (χ2n) is 3.18. The first-order chi connectivity index (χ1) is 7.34. The molecule has 72 valence electrons. The molecule has 0 atom stereocenters. The third-order valence-corrected chi connectivity index (χ3v) is 2.23. The molecule has 1 aromatic rings. The van der Waals surface area contributed by atoms with Gasteiger partial charge in [0.2, 0.25) is 5.62 Å². The van der Waals surface area contributed by atoms with Crippen molar-refractivity contribution in [3.63, 3.8) is 0 Å². The van der Waals surface area contributed by atoms with Crippen LogP contribution >= 0.6 is 0 Å². The molecular weight excluding hydrogens is 190 g/mol. The van der Waals surface area contributed by atoms with Gasteiger partial charge in [-0.1, -0.05) is 6.07 Å². The minimum Gasteiger partial charge on any atom is -0.366 e.